The molecule has 2 rings (SSSR count). The largest absolute Gasteiger partial charge is 0.492 e. The fraction of sp³-hybridized carbons (Fsp3) is 0.625. The first-order chi connectivity index (χ1) is 10.2. The zero-order valence-electron chi connectivity index (χ0n) is 12.9. The van der Waals surface area contributed by atoms with Gasteiger partial charge in [0, 0.05) is 39.3 Å². The van der Waals surface area contributed by atoms with Crippen LogP contribution in [0.2, 0.25) is 0 Å². The molecule has 0 aromatic heterocycles. The summed E-state index contributed by atoms with van der Waals surface area (Å²) in [5.74, 6) is 0.777. The van der Waals surface area contributed by atoms with Gasteiger partial charge in [-0.3, -0.25) is 4.90 Å². The van der Waals surface area contributed by atoms with Crippen molar-refractivity contribution in [2.45, 2.75) is 13.3 Å². The molecule has 0 amide bonds. The summed E-state index contributed by atoms with van der Waals surface area (Å²) < 4.78 is 5.46. The van der Waals surface area contributed by atoms with E-state index in [4.69, 9.17) is 15.6 Å². The maximum atomic E-state index is 8.95. The third kappa shape index (κ3) is 4.88. The standard InChI is InChI=1S/C16H27N3O2/c1-2-21-16-4-3-14(13-15(16)17)5-6-18-7-9-19(10-8-18)11-12-20/h3-4,13,20H,2,5-12,17H2,1H3. The second kappa shape index (κ2) is 8.22. The summed E-state index contributed by atoms with van der Waals surface area (Å²) in [7, 11) is 0. The van der Waals surface area contributed by atoms with E-state index >= 15 is 0 Å². The molecule has 21 heavy (non-hydrogen) atoms. The van der Waals surface area contributed by atoms with Crippen LogP contribution in [0.1, 0.15) is 12.5 Å². The zero-order valence-corrected chi connectivity index (χ0v) is 12.9. The molecular formula is C16H27N3O2. The number of nitrogens with zero attached hydrogens (tertiary/aromatic N) is 2. The molecule has 5 nitrogen and oxygen atoms in total. The number of aliphatic hydroxyl groups excluding tert-OH is 1. The molecule has 0 radical (unpaired) electrons. The number of β-amino-alcohol motifs (C(OH)–C–C–N with tert-alkyl or cyclic N) is 1. The van der Waals surface area contributed by atoms with Crippen molar-refractivity contribution in [2.24, 2.45) is 0 Å². The van der Waals surface area contributed by atoms with Gasteiger partial charge in [0.1, 0.15) is 5.75 Å². The van der Waals surface area contributed by atoms with Crippen molar-refractivity contribution in [3.05, 3.63) is 23.8 Å². The van der Waals surface area contributed by atoms with Gasteiger partial charge in [-0.15, -0.1) is 0 Å². The van der Waals surface area contributed by atoms with Crippen molar-refractivity contribution >= 4 is 5.69 Å². The molecule has 1 aliphatic rings. The topological polar surface area (TPSA) is 62.0 Å². The van der Waals surface area contributed by atoms with Crippen LogP contribution in [-0.2, 0) is 6.42 Å². The Bertz CT molecular complexity index is 432. The Morgan fingerprint density at radius 1 is 1.14 bits per heavy atom. The summed E-state index contributed by atoms with van der Waals surface area (Å²) >= 11 is 0. The van der Waals surface area contributed by atoms with Gasteiger partial charge in [-0.1, -0.05) is 6.07 Å². The first kappa shape index (κ1) is 16.1. The molecule has 0 saturated carbocycles. The van der Waals surface area contributed by atoms with Crippen LogP contribution in [0.4, 0.5) is 5.69 Å². The Kier molecular flexibility index (Phi) is 6.29. The second-order valence-corrected chi connectivity index (χ2v) is 5.46. The Morgan fingerprint density at radius 2 is 1.81 bits per heavy atom. The van der Waals surface area contributed by atoms with E-state index in [2.05, 4.69) is 15.9 Å². The lowest BCUT2D eigenvalue weighted by Crippen LogP contribution is -2.47. The SMILES string of the molecule is CCOc1ccc(CCN2CCN(CCO)CC2)cc1N. The molecule has 1 heterocycles. The molecule has 1 aromatic carbocycles. The quantitative estimate of drug-likeness (QED) is 0.729. The summed E-state index contributed by atoms with van der Waals surface area (Å²) in [6.45, 7) is 8.96. The molecule has 0 spiro atoms. The molecule has 0 bridgehead atoms. The first-order valence-electron chi connectivity index (χ1n) is 7.79. The summed E-state index contributed by atoms with van der Waals surface area (Å²) in [5, 5.41) is 8.95. The third-order valence-corrected chi connectivity index (χ3v) is 3.97. The zero-order chi connectivity index (χ0) is 15.1. The highest BCUT2D eigenvalue weighted by atomic mass is 16.5. The number of rotatable bonds is 7. The lowest BCUT2D eigenvalue weighted by Gasteiger charge is -2.34. The number of benzene rings is 1. The minimum atomic E-state index is 0.255. The van der Waals surface area contributed by atoms with Crippen molar-refractivity contribution in [3.8, 4) is 5.75 Å². The third-order valence-electron chi connectivity index (χ3n) is 3.97. The van der Waals surface area contributed by atoms with E-state index in [0.717, 1.165) is 57.1 Å². The highest BCUT2D eigenvalue weighted by Gasteiger charge is 2.15. The van der Waals surface area contributed by atoms with Gasteiger partial charge in [0.25, 0.3) is 0 Å². The van der Waals surface area contributed by atoms with Gasteiger partial charge in [-0.25, -0.2) is 0 Å². The molecule has 1 fully saturated rings. The highest BCUT2D eigenvalue weighted by Crippen LogP contribution is 2.22. The Hall–Kier alpha value is -1.30. The van der Waals surface area contributed by atoms with Crippen molar-refractivity contribution in [2.75, 3.05) is 58.2 Å². The maximum absolute atomic E-state index is 8.95. The number of aliphatic hydroxyl groups is 1. The smallest absolute Gasteiger partial charge is 0.142 e. The van der Waals surface area contributed by atoms with Gasteiger partial charge in [0.2, 0.25) is 0 Å². The van der Waals surface area contributed by atoms with Gasteiger partial charge < -0.3 is 20.5 Å². The minimum absolute atomic E-state index is 0.255. The molecule has 3 N–H and O–H groups in total. The van der Waals surface area contributed by atoms with Gasteiger partial charge in [-0.2, -0.15) is 0 Å². The summed E-state index contributed by atoms with van der Waals surface area (Å²) in [6.07, 6.45) is 1.01. The number of piperazine rings is 1. The highest BCUT2D eigenvalue weighted by molar-refractivity contribution is 5.54. The van der Waals surface area contributed by atoms with Crippen LogP contribution in [0.3, 0.4) is 0 Å². The van der Waals surface area contributed by atoms with Crippen molar-refractivity contribution in [1.82, 2.24) is 9.80 Å². The monoisotopic (exact) mass is 293 g/mol. The van der Waals surface area contributed by atoms with Gasteiger partial charge in [0.15, 0.2) is 0 Å². The van der Waals surface area contributed by atoms with Crippen LogP contribution in [0.25, 0.3) is 0 Å². The predicted molar refractivity (Wildman–Crippen MR) is 85.7 cm³/mol. The van der Waals surface area contributed by atoms with E-state index < -0.39 is 0 Å². The van der Waals surface area contributed by atoms with Crippen LogP contribution in [-0.4, -0.2) is 67.4 Å². The van der Waals surface area contributed by atoms with Crippen molar-refractivity contribution in [3.63, 3.8) is 0 Å². The van der Waals surface area contributed by atoms with Crippen LogP contribution in [0.5, 0.6) is 5.75 Å². The lowest BCUT2D eigenvalue weighted by molar-refractivity contribution is 0.113. The second-order valence-electron chi connectivity index (χ2n) is 5.46. The summed E-state index contributed by atoms with van der Waals surface area (Å²) in [6, 6.07) is 6.09. The number of nitrogens with two attached hydrogens (primary N) is 1. The van der Waals surface area contributed by atoms with E-state index in [-0.39, 0.29) is 6.61 Å². The van der Waals surface area contributed by atoms with Crippen LogP contribution in [0, 0.1) is 0 Å². The minimum Gasteiger partial charge on any atom is -0.492 e. The van der Waals surface area contributed by atoms with E-state index in [1.807, 2.05) is 19.1 Å². The van der Waals surface area contributed by atoms with Crippen LogP contribution in [0.15, 0.2) is 18.2 Å². The molecule has 1 aliphatic heterocycles. The molecule has 1 aromatic rings. The van der Waals surface area contributed by atoms with E-state index in [0.29, 0.717) is 6.61 Å². The van der Waals surface area contributed by atoms with Crippen LogP contribution >= 0.6 is 0 Å². The molecule has 0 aliphatic carbocycles. The van der Waals surface area contributed by atoms with Crippen LogP contribution < -0.4 is 10.5 Å². The first-order valence-corrected chi connectivity index (χ1v) is 7.79. The summed E-state index contributed by atoms with van der Waals surface area (Å²) in [4.78, 5) is 4.78. The normalized spacial score (nSPS) is 17.0. The van der Waals surface area contributed by atoms with Gasteiger partial charge in [-0.05, 0) is 31.0 Å². The number of ether oxygens (including phenoxy) is 1. The molecule has 1 saturated heterocycles. The summed E-state index contributed by atoms with van der Waals surface area (Å²) in [5.41, 5.74) is 7.98. The van der Waals surface area contributed by atoms with E-state index in [1.54, 1.807) is 0 Å². The molecule has 0 atom stereocenters. The van der Waals surface area contributed by atoms with E-state index in [1.165, 1.54) is 5.56 Å². The van der Waals surface area contributed by atoms with Gasteiger partial charge in [0.05, 0.1) is 18.9 Å². The van der Waals surface area contributed by atoms with Gasteiger partial charge >= 0.3 is 0 Å². The number of anilines is 1. The maximum Gasteiger partial charge on any atom is 0.142 e. The molecule has 5 heteroatoms. The lowest BCUT2D eigenvalue weighted by atomic mass is 10.1. The fourth-order valence-corrected chi connectivity index (χ4v) is 2.71. The number of hydrogen-bond donors (Lipinski definition) is 2. The Balaban J connectivity index is 1.77. The number of hydrogen-bond acceptors (Lipinski definition) is 5. The molecular weight excluding hydrogens is 266 g/mol. The van der Waals surface area contributed by atoms with Crippen molar-refractivity contribution in [1.29, 1.82) is 0 Å². The fourth-order valence-electron chi connectivity index (χ4n) is 2.71. The molecule has 0 unspecified atom stereocenters. The van der Waals surface area contributed by atoms with Crippen molar-refractivity contribution < 1.29 is 9.84 Å². The number of nitrogen functional groups attached to an aromatic ring is 1. The average molecular weight is 293 g/mol. The molecule has 118 valence electrons. The Labute approximate surface area is 127 Å². The average Bonchev–Trinajstić information content (AvgIpc) is 2.49. The van der Waals surface area contributed by atoms with E-state index in [9.17, 15) is 0 Å². The predicted octanol–water partition coefficient (Wildman–Crippen LogP) is 0.820. The Morgan fingerprint density at radius 3 is 2.38 bits per heavy atom.